The van der Waals surface area contributed by atoms with E-state index in [0.29, 0.717) is 24.4 Å². The molecule has 4 heteroatoms. The molecule has 1 heterocycles. The summed E-state index contributed by atoms with van der Waals surface area (Å²) in [5, 5.41) is 9.39. The smallest absolute Gasteiger partial charge is 0.127 e. The van der Waals surface area contributed by atoms with Gasteiger partial charge in [0.2, 0.25) is 0 Å². The molecule has 1 unspecified atom stereocenters. The minimum absolute atomic E-state index is 0.220. The van der Waals surface area contributed by atoms with Gasteiger partial charge in [-0.3, -0.25) is 4.90 Å². The SMILES string of the molecule is COc1ccc(F)c(CN2CCC(O)C2)c1. The number of ether oxygens (including phenoxy) is 1. The summed E-state index contributed by atoms with van der Waals surface area (Å²) in [6.07, 6.45) is 0.500. The molecule has 1 aliphatic heterocycles. The van der Waals surface area contributed by atoms with Crippen molar-refractivity contribution in [2.24, 2.45) is 0 Å². The van der Waals surface area contributed by atoms with Crippen LogP contribution in [-0.2, 0) is 6.54 Å². The summed E-state index contributed by atoms with van der Waals surface area (Å²) in [6, 6.07) is 4.73. The van der Waals surface area contributed by atoms with Crippen molar-refractivity contribution in [3.63, 3.8) is 0 Å². The first-order valence-corrected chi connectivity index (χ1v) is 5.42. The fourth-order valence-corrected chi connectivity index (χ4v) is 2.00. The summed E-state index contributed by atoms with van der Waals surface area (Å²) >= 11 is 0. The molecule has 0 amide bonds. The molecule has 2 rings (SSSR count). The third-order valence-electron chi connectivity index (χ3n) is 2.89. The van der Waals surface area contributed by atoms with Gasteiger partial charge < -0.3 is 9.84 Å². The van der Waals surface area contributed by atoms with Crippen LogP contribution < -0.4 is 4.74 Å². The number of likely N-dealkylation sites (tertiary alicyclic amines) is 1. The van der Waals surface area contributed by atoms with E-state index in [9.17, 15) is 9.50 Å². The molecule has 0 aliphatic carbocycles. The topological polar surface area (TPSA) is 32.7 Å². The predicted molar refractivity (Wildman–Crippen MR) is 58.9 cm³/mol. The van der Waals surface area contributed by atoms with Gasteiger partial charge in [0.25, 0.3) is 0 Å². The molecule has 3 nitrogen and oxygen atoms in total. The summed E-state index contributed by atoms with van der Waals surface area (Å²) in [7, 11) is 1.57. The fourth-order valence-electron chi connectivity index (χ4n) is 2.00. The summed E-state index contributed by atoms with van der Waals surface area (Å²) in [4.78, 5) is 2.04. The van der Waals surface area contributed by atoms with E-state index in [1.165, 1.54) is 6.07 Å². The summed E-state index contributed by atoms with van der Waals surface area (Å²) in [5.41, 5.74) is 0.619. The van der Waals surface area contributed by atoms with Gasteiger partial charge in [0.15, 0.2) is 0 Å². The van der Waals surface area contributed by atoms with Crippen LogP contribution in [0.5, 0.6) is 5.75 Å². The molecule has 1 N–H and O–H groups in total. The highest BCUT2D eigenvalue weighted by Crippen LogP contribution is 2.20. The summed E-state index contributed by atoms with van der Waals surface area (Å²) in [6.45, 7) is 1.97. The lowest BCUT2D eigenvalue weighted by molar-refractivity contribution is 0.174. The van der Waals surface area contributed by atoms with Gasteiger partial charge in [-0.2, -0.15) is 0 Å². The van der Waals surface area contributed by atoms with Gasteiger partial charge in [-0.1, -0.05) is 0 Å². The second kappa shape index (κ2) is 4.80. The Labute approximate surface area is 94.4 Å². The lowest BCUT2D eigenvalue weighted by Gasteiger charge is -2.15. The van der Waals surface area contributed by atoms with Gasteiger partial charge in [0.05, 0.1) is 13.2 Å². The van der Waals surface area contributed by atoms with Crippen LogP contribution in [0.25, 0.3) is 0 Å². The molecule has 88 valence electrons. The maximum Gasteiger partial charge on any atom is 0.127 e. The van der Waals surface area contributed by atoms with Crippen molar-refractivity contribution in [3.05, 3.63) is 29.6 Å². The van der Waals surface area contributed by atoms with Gasteiger partial charge in [-0.05, 0) is 24.6 Å². The molecular weight excluding hydrogens is 209 g/mol. The molecule has 0 radical (unpaired) electrons. The van der Waals surface area contributed by atoms with E-state index in [0.717, 1.165) is 13.0 Å². The van der Waals surface area contributed by atoms with Gasteiger partial charge in [0.1, 0.15) is 11.6 Å². The summed E-state index contributed by atoms with van der Waals surface area (Å²) < 4.78 is 18.6. The molecule has 1 aromatic rings. The molecule has 1 saturated heterocycles. The van der Waals surface area contributed by atoms with Crippen molar-refractivity contribution >= 4 is 0 Å². The van der Waals surface area contributed by atoms with Crippen molar-refractivity contribution < 1.29 is 14.2 Å². The Bertz CT molecular complexity index is 370. The van der Waals surface area contributed by atoms with Gasteiger partial charge in [-0.15, -0.1) is 0 Å². The first-order valence-electron chi connectivity index (χ1n) is 5.42. The highest BCUT2D eigenvalue weighted by molar-refractivity contribution is 5.29. The van der Waals surface area contributed by atoms with E-state index in [1.807, 2.05) is 4.90 Å². The maximum atomic E-state index is 13.5. The highest BCUT2D eigenvalue weighted by Gasteiger charge is 2.21. The largest absolute Gasteiger partial charge is 0.497 e. The van der Waals surface area contributed by atoms with Crippen LogP contribution >= 0.6 is 0 Å². The van der Waals surface area contributed by atoms with Crippen molar-refractivity contribution in [2.45, 2.75) is 19.1 Å². The molecule has 1 aliphatic rings. The highest BCUT2D eigenvalue weighted by atomic mass is 19.1. The molecule has 1 fully saturated rings. The van der Waals surface area contributed by atoms with E-state index in [-0.39, 0.29) is 11.9 Å². The molecule has 0 saturated carbocycles. The number of β-amino-alcohol motifs (C(OH)–C–C–N with tert-alkyl or cyclic N) is 1. The molecule has 16 heavy (non-hydrogen) atoms. The lowest BCUT2D eigenvalue weighted by Crippen LogP contribution is -2.22. The Balaban J connectivity index is 2.08. The Morgan fingerprint density at radius 3 is 3.00 bits per heavy atom. The zero-order chi connectivity index (χ0) is 11.5. The normalized spacial score (nSPS) is 21.3. The molecule has 0 spiro atoms. The van der Waals surface area contributed by atoms with E-state index in [4.69, 9.17) is 4.74 Å². The van der Waals surface area contributed by atoms with E-state index in [1.54, 1.807) is 19.2 Å². The van der Waals surface area contributed by atoms with Crippen LogP contribution in [0.15, 0.2) is 18.2 Å². The molecule has 0 aromatic heterocycles. The second-order valence-electron chi connectivity index (χ2n) is 4.13. The first kappa shape index (κ1) is 11.4. The van der Waals surface area contributed by atoms with E-state index >= 15 is 0 Å². The first-order chi connectivity index (χ1) is 7.69. The minimum Gasteiger partial charge on any atom is -0.497 e. The number of aliphatic hydroxyl groups excluding tert-OH is 1. The van der Waals surface area contributed by atoms with Crippen LogP contribution in [0.2, 0.25) is 0 Å². The third kappa shape index (κ3) is 2.51. The minimum atomic E-state index is -0.270. The average molecular weight is 225 g/mol. The predicted octanol–water partition coefficient (Wildman–Crippen LogP) is 1.40. The Morgan fingerprint density at radius 1 is 1.56 bits per heavy atom. The quantitative estimate of drug-likeness (QED) is 0.844. The second-order valence-corrected chi connectivity index (χ2v) is 4.13. The van der Waals surface area contributed by atoms with Crippen LogP contribution in [0.4, 0.5) is 4.39 Å². The number of nitrogens with zero attached hydrogens (tertiary/aromatic N) is 1. The number of hydrogen-bond donors (Lipinski definition) is 1. The van der Waals surface area contributed by atoms with E-state index < -0.39 is 0 Å². The fraction of sp³-hybridized carbons (Fsp3) is 0.500. The lowest BCUT2D eigenvalue weighted by atomic mass is 10.2. The number of hydrogen-bond acceptors (Lipinski definition) is 3. The number of halogens is 1. The van der Waals surface area contributed by atoms with Gasteiger partial charge in [-0.25, -0.2) is 4.39 Å². The van der Waals surface area contributed by atoms with Crippen molar-refractivity contribution in [2.75, 3.05) is 20.2 Å². The standard InChI is InChI=1S/C12H16FNO2/c1-16-11-2-3-12(13)9(6-11)7-14-5-4-10(15)8-14/h2-3,6,10,15H,4-5,7-8H2,1H3. The maximum absolute atomic E-state index is 13.5. The van der Waals surface area contributed by atoms with E-state index in [2.05, 4.69) is 0 Å². The number of benzene rings is 1. The zero-order valence-electron chi connectivity index (χ0n) is 9.32. The Kier molecular flexibility index (Phi) is 3.41. The molecular formula is C12H16FNO2. The van der Waals surface area contributed by atoms with Crippen LogP contribution in [-0.4, -0.2) is 36.3 Å². The monoisotopic (exact) mass is 225 g/mol. The van der Waals surface area contributed by atoms with Crippen molar-refractivity contribution in [1.29, 1.82) is 0 Å². The van der Waals surface area contributed by atoms with Crippen molar-refractivity contribution in [3.8, 4) is 5.75 Å². The zero-order valence-corrected chi connectivity index (χ0v) is 9.32. The summed E-state index contributed by atoms with van der Waals surface area (Å²) in [5.74, 6) is 0.443. The molecule has 1 atom stereocenters. The molecule has 1 aromatic carbocycles. The van der Waals surface area contributed by atoms with Gasteiger partial charge in [0, 0.05) is 25.2 Å². The number of methoxy groups -OCH3 is 1. The van der Waals surface area contributed by atoms with Crippen molar-refractivity contribution in [1.82, 2.24) is 4.90 Å². The van der Waals surface area contributed by atoms with Crippen LogP contribution in [0.1, 0.15) is 12.0 Å². The Morgan fingerprint density at radius 2 is 2.38 bits per heavy atom. The average Bonchev–Trinajstić information content (AvgIpc) is 2.67. The van der Waals surface area contributed by atoms with Crippen LogP contribution in [0, 0.1) is 5.82 Å². The third-order valence-corrected chi connectivity index (χ3v) is 2.89. The number of aliphatic hydroxyl groups is 1. The van der Waals surface area contributed by atoms with Crippen LogP contribution in [0.3, 0.4) is 0 Å². The Hall–Kier alpha value is -1.13. The van der Waals surface area contributed by atoms with Gasteiger partial charge >= 0.3 is 0 Å². The molecule has 0 bridgehead atoms. The number of rotatable bonds is 3.